The van der Waals surface area contributed by atoms with Crippen molar-refractivity contribution >= 4 is 17.2 Å². The molecular weight excluding hydrogens is 215 g/mol. The van der Waals surface area contributed by atoms with E-state index in [4.69, 9.17) is 0 Å². The minimum absolute atomic E-state index is 0.0719. The molecule has 1 atom stereocenters. The van der Waals surface area contributed by atoms with E-state index in [9.17, 15) is 9.18 Å². The highest BCUT2D eigenvalue weighted by molar-refractivity contribution is 7.11. The van der Waals surface area contributed by atoms with Crippen molar-refractivity contribution in [2.24, 2.45) is 0 Å². The summed E-state index contributed by atoms with van der Waals surface area (Å²) in [6.07, 6.45) is 0.465. The van der Waals surface area contributed by atoms with Gasteiger partial charge in [0.15, 0.2) is 0 Å². The fourth-order valence-electron chi connectivity index (χ4n) is 1.76. The minimum atomic E-state index is -0.865. The van der Waals surface area contributed by atoms with Crippen LogP contribution in [0.4, 0.5) is 4.39 Å². The van der Waals surface area contributed by atoms with E-state index in [1.807, 2.05) is 0 Å². The van der Waals surface area contributed by atoms with Crippen LogP contribution in [0.1, 0.15) is 28.2 Å². The summed E-state index contributed by atoms with van der Waals surface area (Å²) in [6, 6.07) is 0. The molecule has 1 amide bonds. The Bertz CT molecular complexity index is 366. The normalized spacial score (nSPS) is 21.7. The lowest BCUT2D eigenvalue weighted by Crippen LogP contribution is -2.40. The second kappa shape index (κ2) is 4.26. The third kappa shape index (κ3) is 2.17. The monoisotopic (exact) mass is 228 g/mol. The van der Waals surface area contributed by atoms with Gasteiger partial charge in [0.25, 0.3) is 5.91 Å². The number of hydrogen-bond acceptors (Lipinski definition) is 3. The SMILES string of the molecule is Cc1ncsc1C(=O)N1CCCC(F)C1. The van der Waals surface area contributed by atoms with Crippen molar-refractivity contribution < 1.29 is 9.18 Å². The number of carbonyl (C=O) groups is 1. The van der Waals surface area contributed by atoms with Crippen LogP contribution < -0.4 is 0 Å². The lowest BCUT2D eigenvalue weighted by atomic mass is 10.1. The molecule has 0 spiro atoms. The highest BCUT2D eigenvalue weighted by Crippen LogP contribution is 2.19. The van der Waals surface area contributed by atoms with Crippen LogP contribution in [0.5, 0.6) is 0 Å². The molecule has 2 rings (SSSR count). The number of carbonyl (C=O) groups excluding carboxylic acids is 1. The molecule has 5 heteroatoms. The molecule has 0 radical (unpaired) electrons. The van der Waals surface area contributed by atoms with Gasteiger partial charge in [-0.2, -0.15) is 0 Å². The van der Waals surface area contributed by atoms with Gasteiger partial charge in [-0.3, -0.25) is 4.79 Å². The van der Waals surface area contributed by atoms with Crippen molar-refractivity contribution in [2.75, 3.05) is 13.1 Å². The summed E-state index contributed by atoms with van der Waals surface area (Å²) >= 11 is 1.33. The first-order valence-electron chi connectivity index (χ1n) is 5.02. The number of halogens is 1. The number of piperidine rings is 1. The zero-order valence-corrected chi connectivity index (χ0v) is 9.39. The smallest absolute Gasteiger partial charge is 0.265 e. The average molecular weight is 228 g/mol. The number of thiazole rings is 1. The average Bonchev–Trinajstić information content (AvgIpc) is 2.63. The summed E-state index contributed by atoms with van der Waals surface area (Å²) < 4.78 is 13.1. The Morgan fingerprint density at radius 3 is 3.13 bits per heavy atom. The third-order valence-corrected chi connectivity index (χ3v) is 3.51. The first-order valence-corrected chi connectivity index (χ1v) is 5.90. The van der Waals surface area contributed by atoms with Gasteiger partial charge < -0.3 is 4.90 Å². The molecule has 1 aromatic heterocycles. The molecular formula is C10H13FN2OS. The standard InChI is InChI=1S/C10H13FN2OS/c1-7-9(15-6-12-7)10(14)13-4-2-3-8(11)5-13/h6,8H,2-5H2,1H3. The molecule has 2 heterocycles. The van der Waals surface area contributed by atoms with Crippen LogP contribution >= 0.6 is 11.3 Å². The molecule has 0 saturated carbocycles. The van der Waals surface area contributed by atoms with Gasteiger partial charge in [-0.25, -0.2) is 9.37 Å². The Hall–Kier alpha value is -0.970. The van der Waals surface area contributed by atoms with Crippen LogP contribution in [0, 0.1) is 6.92 Å². The van der Waals surface area contributed by atoms with E-state index in [-0.39, 0.29) is 12.5 Å². The molecule has 1 aliphatic heterocycles. The van der Waals surface area contributed by atoms with Gasteiger partial charge in [0, 0.05) is 6.54 Å². The molecule has 3 nitrogen and oxygen atoms in total. The van der Waals surface area contributed by atoms with Gasteiger partial charge in [-0.1, -0.05) is 0 Å². The molecule has 82 valence electrons. The van der Waals surface area contributed by atoms with Crippen molar-refractivity contribution in [1.82, 2.24) is 9.88 Å². The fraction of sp³-hybridized carbons (Fsp3) is 0.600. The summed E-state index contributed by atoms with van der Waals surface area (Å²) in [4.78, 5) is 18.2. The van der Waals surface area contributed by atoms with Gasteiger partial charge in [0.1, 0.15) is 11.0 Å². The van der Waals surface area contributed by atoms with E-state index < -0.39 is 6.17 Å². The first-order chi connectivity index (χ1) is 7.18. The zero-order valence-electron chi connectivity index (χ0n) is 8.57. The number of nitrogens with zero attached hydrogens (tertiary/aromatic N) is 2. The lowest BCUT2D eigenvalue weighted by molar-refractivity contribution is 0.0640. The molecule has 0 aliphatic carbocycles. The predicted molar refractivity (Wildman–Crippen MR) is 56.9 cm³/mol. The molecule has 15 heavy (non-hydrogen) atoms. The highest BCUT2D eigenvalue weighted by Gasteiger charge is 2.25. The Balaban J connectivity index is 2.11. The third-order valence-electron chi connectivity index (χ3n) is 2.59. The van der Waals surface area contributed by atoms with Crippen LogP contribution in [0.25, 0.3) is 0 Å². The molecule has 0 aromatic carbocycles. The molecule has 0 bridgehead atoms. The van der Waals surface area contributed by atoms with E-state index in [2.05, 4.69) is 4.98 Å². The van der Waals surface area contributed by atoms with Gasteiger partial charge >= 0.3 is 0 Å². The number of rotatable bonds is 1. The van der Waals surface area contributed by atoms with Crippen molar-refractivity contribution in [3.8, 4) is 0 Å². The van der Waals surface area contributed by atoms with Crippen molar-refractivity contribution in [3.63, 3.8) is 0 Å². The van der Waals surface area contributed by atoms with Gasteiger partial charge in [-0.15, -0.1) is 11.3 Å². The van der Waals surface area contributed by atoms with Crippen LogP contribution in [-0.2, 0) is 0 Å². The molecule has 1 aliphatic rings. The second-order valence-corrected chi connectivity index (χ2v) is 4.61. The minimum Gasteiger partial charge on any atom is -0.335 e. The summed E-state index contributed by atoms with van der Waals surface area (Å²) in [6.45, 7) is 2.70. The zero-order chi connectivity index (χ0) is 10.8. The number of alkyl halides is 1. The summed E-state index contributed by atoms with van der Waals surface area (Å²) in [7, 11) is 0. The highest BCUT2D eigenvalue weighted by atomic mass is 32.1. The molecule has 1 fully saturated rings. The number of aromatic nitrogens is 1. The first kappa shape index (κ1) is 10.5. The molecule has 1 unspecified atom stereocenters. The van der Waals surface area contributed by atoms with Crippen molar-refractivity contribution in [1.29, 1.82) is 0 Å². The Morgan fingerprint density at radius 1 is 1.73 bits per heavy atom. The quantitative estimate of drug-likeness (QED) is 0.736. The van der Waals surface area contributed by atoms with E-state index in [1.54, 1.807) is 17.3 Å². The van der Waals surface area contributed by atoms with Crippen LogP contribution in [0.3, 0.4) is 0 Å². The number of hydrogen-bond donors (Lipinski definition) is 0. The molecule has 1 aromatic rings. The summed E-state index contributed by atoms with van der Waals surface area (Å²) in [5.74, 6) is -0.0719. The van der Waals surface area contributed by atoms with Crippen molar-refractivity contribution in [3.05, 3.63) is 16.1 Å². The predicted octanol–water partition coefficient (Wildman–Crippen LogP) is 2.03. The Kier molecular flexibility index (Phi) is 3.00. The maximum absolute atomic E-state index is 13.1. The van der Waals surface area contributed by atoms with Crippen LogP contribution in [0.2, 0.25) is 0 Å². The molecule has 1 saturated heterocycles. The van der Waals surface area contributed by atoms with E-state index in [0.29, 0.717) is 17.8 Å². The van der Waals surface area contributed by atoms with Gasteiger partial charge in [0.05, 0.1) is 17.7 Å². The van der Waals surface area contributed by atoms with Crippen LogP contribution in [-0.4, -0.2) is 35.1 Å². The number of aryl methyl sites for hydroxylation is 1. The lowest BCUT2D eigenvalue weighted by Gasteiger charge is -2.28. The van der Waals surface area contributed by atoms with Gasteiger partial charge in [0.2, 0.25) is 0 Å². The number of likely N-dealkylation sites (tertiary alicyclic amines) is 1. The fourth-order valence-corrected chi connectivity index (χ4v) is 2.53. The topological polar surface area (TPSA) is 33.2 Å². The van der Waals surface area contributed by atoms with Crippen molar-refractivity contribution in [2.45, 2.75) is 25.9 Å². The maximum Gasteiger partial charge on any atom is 0.265 e. The van der Waals surface area contributed by atoms with E-state index in [1.165, 1.54) is 11.3 Å². The summed E-state index contributed by atoms with van der Waals surface area (Å²) in [5.41, 5.74) is 2.39. The molecule has 0 N–H and O–H groups in total. The Morgan fingerprint density at radius 2 is 2.53 bits per heavy atom. The number of amides is 1. The second-order valence-electron chi connectivity index (χ2n) is 3.76. The largest absolute Gasteiger partial charge is 0.335 e. The van der Waals surface area contributed by atoms with E-state index >= 15 is 0 Å². The summed E-state index contributed by atoms with van der Waals surface area (Å²) in [5, 5.41) is 0. The Labute approximate surface area is 91.9 Å². The van der Waals surface area contributed by atoms with E-state index in [0.717, 1.165) is 12.1 Å². The van der Waals surface area contributed by atoms with Gasteiger partial charge in [-0.05, 0) is 19.8 Å². The van der Waals surface area contributed by atoms with Crippen LogP contribution in [0.15, 0.2) is 5.51 Å². The maximum atomic E-state index is 13.1.